The van der Waals surface area contributed by atoms with Gasteiger partial charge in [0.05, 0.1) is 24.4 Å². The zero-order chi connectivity index (χ0) is 24.8. The SMILES string of the molecule is CCCc1ccc(-c2c(F)c(F)c(COc3cc(F)c(OCCCF)c(F)c3)c(F)c2F)cc1. The molecule has 3 aromatic rings. The maximum atomic E-state index is 14.7. The fourth-order valence-corrected chi connectivity index (χ4v) is 3.33. The lowest BCUT2D eigenvalue weighted by molar-refractivity contribution is 0.257. The fourth-order valence-electron chi connectivity index (χ4n) is 3.33. The molecule has 0 atom stereocenters. The number of aryl methyl sites for hydroxylation is 1. The molecule has 0 amide bonds. The van der Waals surface area contributed by atoms with Gasteiger partial charge < -0.3 is 9.47 Å². The number of alkyl halides is 1. The van der Waals surface area contributed by atoms with E-state index < -0.39 is 70.8 Å². The fraction of sp³-hybridized carbons (Fsp3) is 0.280. The summed E-state index contributed by atoms with van der Waals surface area (Å²) in [6.07, 6.45) is 1.50. The monoisotopic (exact) mass is 486 g/mol. The number of benzene rings is 3. The molecule has 34 heavy (non-hydrogen) atoms. The van der Waals surface area contributed by atoms with Crippen LogP contribution in [0.15, 0.2) is 36.4 Å². The highest BCUT2D eigenvalue weighted by Crippen LogP contribution is 2.34. The molecule has 9 heteroatoms. The van der Waals surface area contributed by atoms with Gasteiger partial charge in [-0.1, -0.05) is 37.6 Å². The molecule has 0 unspecified atom stereocenters. The van der Waals surface area contributed by atoms with Crippen LogP contribution in [0.3, 0.4) is 0 Å². The molecule has 182 valence electrons. The minimum atomic E-state index is -1.68. The Balaban J connectivity index is 1.85. The Kier molecular flexibility index (Phi) is 8.41. The standard InChI is InChI=1S/C25H21F7O2/c1-2-4-14-5-7-15(8-6-14)20-23(31)21(29)17(22(30)24(20)32)13-34-16-11-18(27)25(19(28)12-16)33-10-3-9-26/h5-8,11-12H,2-4,9-10,13H2,1H3. The van der Waals surface area contributed by atoms with E-state index >= 15 is 0 Å². The molecule has 0 spiro atoms. The summed E-state index contributed by atoms with van der Waals surface area (Å²) in [5.74, 6) is -10.3. The average Bonchev–Trinajstić information content (AvgIpc) is 2.81. The number of ether oxygens (including phenoxy) is 2. The van der Waals surface area contributed by atoms with Gasteiger partial charge in [0.1, 0.15) is 12.4 Å². The van der Waals surface area contributed by atoms with Crippen LogP contribution in [0.4, 0.5) is 30.7 Å². The molecule has 0 aliphatic carbocycles. The molecule has 3 aromatic carbocycles. The lowest BCUT2D eigenvalue weighted by atomic mass is 9.99. The maximum Gasteiger partial charge on any atom is 0.190 e. The summed E-state index contributed by atoms with van der Waals surface area (Å²) >= 11 is 0. The molecular weight excluding hydrogens is 465 g/mol. The topological polar surface area (TPSA) is 18.5 Å². The van der Waals surface area contributed by atoms with Crippen molar-refractivity contribution in [3.63, 3.8) is 0 Å². The van der Waals surface area contributed by atoms with Gasteiger partial charge in [-0.3, -0.25) is 4.39 Å². The van der Waals surface area contributed by atoms with Crippen molar-refractivity contribution in [1.29, 1.82) is 0 Å². The van der Waals surface area contributed by atoms with E-state index in [1.807, 2.05) is 6.92 Å². The smallest absolute Gasteiger partial charge is 0.190 e. The lowest BCUT2D eigenvalue weighted by Gasteiger charge is -2.14. The molecular formula is C25H21F7O2. The predicted molar refractivity (Wildman–Crippen MR) is 112 cm³/mol. The second kappa shape index (κ2) is 11.3. The predicted octanol–water partition coefficient (Wildman–Crippen LogP) is 7.46. The molecule has 0 radical (unpaired) electrons. The molecule has 0 saturated heterocycles. The minimum Gasteiger partial charge on any atom is -0.488 e. The summed E-state index contributed by atoms with van der Waals surface area (Å²) in [4.78, 5) is 0. The largest absolute Gasteiger partial charge is 0.488 e. The van der Waals surface area contributed by atoms with Crippen molar-refractivity contribution in [2.45, 2.75) is 32.8 Å². The summed E-state index contributed by atoms with van der Waals surface area (Å²) in [6.45, 7) is -0.0915. The first kappa shape index (κ1) is 25.4. The Bertz CT molecular complexity index is 1090. The number of hydrogen-bond acceptors (Lipinski definition) is 2. The van der Waals surface area contributed by atoms with Gasteiger partial charge >= 0.3 is 0 Å². The number of hydrogen-bond donors (Lipinski definition) is 0. The normalized spacial score (nSPS) is 11.1. The Labute approximate surface area is 191 Å². The van der Waals surface area contributed by atoms with Crippen molar-refractivity contribution >= 4 is 0 Å². The van der Waals surface area contributed by atoms with Crippen LogP contribution in [-0.2, 0) is 13.0 Å². The van der Waals surface area contributed by atoms with Gasteiger partial charge in [-0.25, -0.2) is 26.3 Å². The first-order chi connectivity index (χ1) is 16.3. The molecule has 0 N–H and O–H groups in total. The van der Waals surface area contributed by atoms with Crippen LogP contribution in [0.2, 0.25) is 0 Å². The van der Waals surface area contributed by atoms with Gasteiger partial charge in [-0.05, 0) is 17.5 Å². The van der Waals surface area contributed by atoms with Gasteiger partial charge in [0.15, 0.2) is 40.7 Å². The third-order valence-electron chi connectivity index (χ3n) is 5.01. The molecule has 0 fully saturated rings. The summed E-state index contributed by atoms with van der Waals surface area (Å²) in [5.41, 5.74) is -1.09. The van der Waals surface area contributed by atoms with Gasteiger partial charge in [0, 0.05) is 18.6 Å². The maximum absolute atomic E-state index is 14.7. The highest BCUT2D eigenvalue weighted by atomic mass is 19.2. The molecule has 3 rings (SSSR count). The minimum absolute atomic E-state index is 0.0485. The van der Waals surface area contributed by atoms with Crippen LogP contribution in [-0.4, -0.2) is 13.3 Å². The van der Waals surface area contributed by atoms with Gasteiger partial charge in [0.2, 0.25) is 0 Å². The zero-order valence-electron chi connectivity index (χ0n) is 18.2. The van der Waals surface area contributed by atoms with Crippen LogP contribution in [0.25, 0.3) is 11.1 Å². The van der Waals surface area contributed by atoms with Crippen LogP contribution in [0, 0.1) is 34.9 Å². The first-order valence-electron chi connectivity index (χ1n) is 10.5. The van der Waals surface area contributed by atoms with E-state index in [0.29, 0.717) is 12.1 Å². The van der Waals surface area contributed by atoms with Crippen LogP contribution >= 0.6 is 0 Å². The van der Waals surface area contributed by atoms with E-state index in [9.17, 15) is 30.7 Å². The highest BCUT2D eigenvalue weighted by Gasteiger charge is 2.27. The first-order valence-corrected chi connectivity index (χ1v) is 10.5. The molecule has 0 saturated carbocycles. The van der Waals surface area contributed by atoms with E-state index in [1.165, 1.54) is 12.1 Å². The van der Waals surface area contributed by atoms with Crippen molar-refractivity contribution in [1.82, 2.24) is 0 Å². The summed E-state index contributed by atoms with van der Waals surface area (Å²) in [6, 6.07) is 7.29. The van der Waals surface area contributed by atoms with Gasteiger partial charge in [0.25, 0.3) is 0 Å². The molecule has 0 aliphatic heterocycles. The van der Waals surface area contributed by atoms with Gasteiger partial charge in [-0.15, -0.1) is 0 Å². The van der Waals surface area contributed by atoms with E-state index in [1.54, 1.807) is 12.1 Å². The summed E-state index contributed by atoms with van der Waals surface area (Å²) in [7, 11) is 0. The second-order valence-corrected chi connectivity index (χ2v) is 7.45. The number of halogens is 7. The Morgan fingerprint density at radius 3 is 1.88 bits per heavy atom. The number of rotatable bonds is 10. The Hall–Kier alpha value is -3.23. The van der Waals surface area contributed by atoms with Gasteiger partial charge in [-0.2, -0.15) is 0 Å². The molecule has 2 nitrogen and oxygen atoms in total. The summed E-state index contributed by atoms with van der Waals surface area (Å²) in [5, 5.41) is 0. The zero-order valence-corrected chi connectivity index (χ0v) is 18.2. The molecule has 0 aliphatic rings. The lowest BCUT2D eigenvalue weighted by Crippen LogP contribution is -2.10. The van der Waals surface area contributed by atoms with E-state index in [4.69, 9.17) is 9.47 Å². The van der Waals surface area contributed by atoms with E-state index in [-0.39, 0.29) is 18.6 Å². The molecule has 0 aromatic heterocycles. The van der Waals surface area contributed by atoms with Crippen molar-refractivity contribution in [3.05, 3.63) is 82.4 Å². The molecule has 0 heterocycles. The second-order valence-electron chi connectivity index (χ2n) is 7.45. The third-order valence-corrected chi connectivity index (χ3v) is 5.01. The Morgan fingerprint density at radius 2 is 1.35 bits per heavy atom. The van der Waals surface area contributed by atoms with E-state index in [0.717, 1.165) is 18.4 Å². The molecule has 0 bridgehead atoms. The van der Waals surface area contributed by atoms with Crippen LogP contribution in [0.1, 0.15) is 30.9 Å². The van der Waals surface area contributed by atoms with Crippen molar-refractivity contribution in [2.75, 3.05) is 13.3 Å². The summed E-state index contributed by atoms with van der Waals surface area (Å²) < 4.78 is 109. The highest BCUT2D eigenvalue weighted by molar-refractivity contribution is 5.66. The third kappa shape index (κ3) is 5.46. The quantitative estimate of drug-likeness (QED) is 0.168. The van der Waals surface area contributed by atoms with E-state index in [2.05, 4.69) is 0 Å². The van der Waals surface area contributed by atoms with Crippen molar-refractivity contribution in [3.8, 4) is 22.6 Å². The Morgan fingerprint density at radius 1 is 0.765 bits per heavy atom. The van der Waals surface area contributed by atoms with Crippen LogP contribution in [0.5, 0.6) is 11.5 Å². The van der Waals surface area contributed by atoms with Crippen molar-refractivity contribution < 1.29 is 40.2 Å². The van der Waals surface area contributed by atoms with Crippen LogP contribution < -0.4 is 9.47 Å². The average molecular weight is 486 g/mol. The van der Waals surface area contributed by atoms with Crippen molar-refractivity contribution in [2.24, 2.45) is 0 Å².